The van der Waals surface area contributed by atoms with Gasteiger partial charge in [0.25, 0.3) is 0 Å². The zero-order valence-corrected chi connectivity index (χ0v) is 6.39. The van der Waals surface area contributed by atoms with Gasteiger partial charge in [0.1, 0.15) is 0 Å². The lowest BCUT2D eigenvalue weighted by atomic mass is 10.4. The topological polar surface area (TPSA) is 53.5 Å². The summed E-state index contributed by atoms with van der Waals surface area (Å²) >= 11 is 0. The highest BCUT2D eigenvalue weighted by molar-refractivity contribution is 4.59. The van der Waals surface area contributed by atoms with E-state index in [0.29, 0.717) is 6.61 Å². The number of hydrogen-bond donors (Lipinski definition) is 3. The van der Waals surface area contributed by atoms with E-state index in [0.717, 1.165) is 26.2 Å². The fourth-order valence-electron chi connectivity index (χ4n) is 0.604. The Kier molecular flexibility index (Phi) is 8.70. The van der Waals surface area contributed by atoms with Crippen LogP contribution in [0.4, 0.5) is 0 Å². The van der Waals surface area contributed by atoms with Gasteiger partial charge in [-0.05, 0) is 6.92 Å². The summed E-state index contributed by atoms with van der Waals surface area (Å²) in [7, 11) is 0. The van der Waals surface area contributed by atoms with Crippen LogP contribution in [0.15, 0.2) is 0 Å². The predicted octanol–water partition coefficient (Wildman–Crippen LogP) is -0.325. The van der Waals surface area contributed by atoms with Gasteiger partial charge in [-0.15, -0.1) is 0 Å². The van der Waals surface area contributed by atoms with Gasteiger partial charge < -0.3 is 10.6 Å². The van der Waals surface area contributed by atoms with Crippen LogP contribution in [0.25, 0.3) is 0 Å². The minimum atomic E-state index is 0.375. The van der Waals surface area contributed by atoms with Crippen molar-refractivity contribution in [2.75, 3.05) is 32.8 Å². The van der Waals surface area contributed by atoms with Crippen LogP contribution in [0, 0.1) is 0 Å². The number of rotatable bonds is 1. The zero-order chi connectivity index (χ0) is 7.66. The first-order chi connectivity index (χ1) is 4.91. The Morgan fingerprint density at radius 2 is 1.50 bits per heavy atom. The quantitative estimate of drug-likeness (QED) is 0.352. The van der Waals surface area contributed by atoms with Crippen molar-refractivity contribution in [3.05, 3.63) is 0 Å². The Balaban J connectivity index is 0.000000180. The van der Waals surface area contributed by atoms with E-state index in [1.165, 1.54) is 0 Å². The second-order valence-electron chi connectivity index (χ2n) is 1.92. The standard InChI is InChI=1S/C4H10N2.C2H6O2/c1-2-6-4-3-5-1;1-2-4-3/h5-6H,1-4H2;3H,2H2,1H3. The van der Waals surface area contributed by atoms with Gasteiger partial charge in [-0.3, -0.25) is 5.26 Å². The van der Waals surface area contributed by atoms with Crippen molar-refractivity contribution in [2.24, 2.45) is 0 Å². The van der Waals surface area contributed by atoms with E-state index < -0.39 is 0 Å². The summed E-state index contributed by atoms with van der Waals surface area (Å²) in [6.07, 6.45) is 0. The van der Waals surface area contributed by atoms with E-state index in [9.17, 15) is 0 Å². The summed E-state index contributed by atoms with van der Waals surface area (Å²) < 4.78 is 0. The van der Waals surface area contributed by atoms with Crippen LogP contribution in [-0.2, 0) is 4.89 Å². The Labute approximate surface area is 61.5 Å². The lowest BCUT2D eigenvalue weighted by molar-refractivity contribution is -0.237. The Hall–Kier alpha value is -0.160. The molecule has 0 saturated carbocycles. The Morgan fingerprint density at radius 3 is 1.60 bits per heavy atom. The van der Waals surface area contributed by atoms with Gasteiger partial charge >= 0.3 is 0 Å². The second kappa shape index (κ2) is 8.84. The van der Waals surface area contributed by atoms with Gasteiger partial charge in [0, 0.05) is 26.2 Å². The van der Waals surface area contributed by atoms with E-state index in [-0.39, 0.29) is 0 Å². The lowest BCUT2D eigenvalue weighted by Gasteiger charge is -2.11. The average Bonchev–Trinajstić information content (AvgIpc) is 2.08. The largest absolute Gasteiger partial charge is 0.314 e. The smallest absolute Gasteiger partial charge is 0.0791 e. The highest BCUT2D eigenvalue weighted by atomic mass is 17.1. The van der Waals surface area contributed by atoms with Crippen LogP contribution in [0.2, 0.25) is 0 Å². The molecule has 4 nitrogen and oxygen atoms in total. The Morgan fingerprint density at radius 1 is 1.20 bits per heavy atom. The summed E-state index contributed by atoms with van der Waals surface area (Å²) in [5.41, 5.74) is 0. The van der Waals surface area contributed by atoms with Crippen LogP contribution >= 0.6 is 0 Å². The molecule has 62 valence electrons. The maximum absolute atomic E-state index is 7.38. The number of nitrogens with one attached hydrogen (secondary N) is 2. The predicted molar refractivity (Wildman–Crippen MR) is 40.0 cm³/mol. The molecule has 0 aliphatic carbocycles. The first-order valence-corrected chi connectivity index (χ1v) is 3.59. The molecule has 0 aromatic carbocycles. The van der Waals surface area contributed by atoms with Gasteiger partial charge in [-0.2, -0.15) is 0 Å². The molecule has 1 fully saturated rings. The molecule has 0 aromatic rings. The van der Waals surface area contributed by atoms with Crippen molar-refractivity contribution in [2.45, 2.75) is 6.92 Å². The normalized spacial score (nSPS) is 17.4. The molecule has 0 radical (unpaired) electrons. The van der Waals surface area contributed by atoms with Gasteiger partial charge in [0.05, 0.1) is 6.61 Å². The van der Waals surface area contributed by atoms with Gasteiger partial charge in [0.15, 0.2) is 0 Å². The van der Waals surface area contributed by atoms with Crippen LogP contribution in [0.3, 0.4) is 0 Å². The molecular weight excluding hydrogens is 132 g/mol. The molecular formula is C6H16N2O2. The van der Waals surface area contributed by atoms with Crippen molar-refractivity contribution in [3.63, 3.8) is 0 Å². The lowest BCUT2D eigenvalue weighted by Crippen LogP contribution is -2.39. The average molecular weight is 148 g/mol. The Bertz CT molecular complexity index is 44.2. The monoisotopic (exact) mass is 148 g/mol. The van der Waals surface area contributed by atoms with E-state index in [2.05, 4.69) is 15.5 Å². The zero-order valence-electron chi connectivity index (χ0n) is 6.39. The van der Waals surface area contributed by atoms with E-state index in [1.54, 1.807) is 6.92 Å². The van der Waals surface area contributed by atoms with Gasteiger partial charge in [-0.1, -0.05) is 0 Å². The first-order valence-electron chi connectivity index (χ1n) is 3.59. The summed E-state index contributed by atoms with van der Waals surface area (Å²) in [6.45, 7) is 6.64. The fraction of sp³-hybridized carbons (Fsp3) is 1.00. The SMILES string of the molecule is C1CNCCN1.CCOO. The maximum Gasteiger partial charge on any atom is 0.0791 e. The van der Waals surface area contributed by atoms with Crippen LogP contribution in [-0.4, -0.2) is 38.0 Å². The van der Waals surface area contributed by atoms with Crippen LogP contribution in [0.1, 0.15) is 6.92 Å². The van der Waals surface area contributed by atoms with Crippen LogP contribution in [0.5, 0.6) is 0 Å². The maximum atomic E-state index is 7.38. The van der Waals surface area contributed by atoms with Crippen molar-refractivity contribution in [1.82, 2.24) is 10.6 Å². The van der Waals surface area contributed by atoms with Crippen molar-refractivity contribution < 1.29 is 10.1 Å². The summed E-state index contributed by atoms with van der Waals surface area (Å²) in [5.74, 6) is 0. The molecule has 3 N–H and O–H groups in total. The summed E-state index contributed by atoms with van der Waals surface area (Å²) in [4.78, 5) is 3.54. The molecule has 1 aliphatic rings. The van der Waals surface area contributed by atoms with E-state index in [4.69, 9.17) is 5.26 Å². The first kappa shape index (κ1) is 9.84. The molecule has 0 bridgehead atoms. The minimum Gasteiger partial charge on any atom is -0.314 e. The molecule has 0 unspecified atom stereocenters. The van der Waals surface area contributed by atoms with Gasteiger partial charge in [-0.25, -0.2) is 4.89 Å². The second-order valence-corrected chi connectivity index (χ2v) is 1.92. The molecule has 1 rings (SSSR count). The molecule has 0 spiro atoms. The molecule has 0 aromatic heterocycles. The molecule has 0 amide bonds. The molecule has 10 heavy (non-hydrogen) atoms. The van der Waals surface area contributed by atoms with Crippen LogP contribution < -0.4 is 10.6 Å². The molecule has 1 aliphatic heterocycles. The highest BCUT2D eigenvalue weighted by Gasteiger charge is 1.91. The number of piperazine rings is 1. The highest BCUT2D eigenvalue weighted by Crippen LogP contribution is 1.65. The van der Waals surface area contributed by atoms with Crippen molar-refractivity contribution in [3.8, 4) is 0 Å². The fourth-order valence-corrected chi connectivity index (χ4v) is 0.604. The summed E-state index contributed by atoms with van der Waals surface area (Å²) in [5, 5.41) is 13.8. The van der Waals surface area contributed by atoms with Crippen molar-refractivity contribution >= 4 is 0 Å². The molecule has 0 atom stereocenters. The number of hydrogen-bond acceptors (Lipinski definition) is 4. The van der Waals surface area contributed by atoms with Crippen molar-refractivity contribution in [1.29, 1.82) is 0 Å². The molecule has 1 heterocycles. The third-order valence-electron chi connectivity index (χ3n) is 1.09. The third-order valence-corrected chi connectivity index (χ3v) is 1.09. The summed E-state index contributed by atoms with van der Waals surface area (Å²) in [6, 6.07) is 0. The van der Waals surface area contributed by atoms with E-state index in [1.807, 2.05) is 0 Å². The molecule has 4 heteroatoms. The molecule has 1 saturated heterocycles. The third kappa shape index (κ3) is 7.84. The minimum absolute atomic E-state index is 0.375. The van der Waals surface area contributed by atoms with E-state index >= 15 is 0 Å². The van der Waals surface area contributed by atoms with Gasteiger partial charge in [0.2, 0.25) is 0 Å².